The summed E-state index contributed by atoms with van der Waals surface area (Å²) < 4.78 is 25.2. The Labute approximate surface area is 320 Å². The van der Waals surface area contributed by atoms with E-state index in [1.807, 2.05) is 60.7 Å². The molecule has 0 aromatic heterocycles. The zero-order chi connectivity index (χ0) is 38.5. The number of hydrogen-bond donors (Lipinski definition) is 3. The monoisotopic (exact) mass is 752 g/mol. The van der Waals surface area contributed by atoms with Crippen molar-refractivity contribution in [2.24, 2.45) is 5.41 Å². The van der Waals surface area contributed by atoms with Crippen LogP contribution in [0.15, 0.2) is 78.9 Å². The molecule has 7 atom stereocenters. The van der Waals surface area contributed by atoms with Crippen LogP contribution in [0.1, 0.15) is 67.9 Å². The zero-order valence-electron chi connectivity index (χ0n) is 31.3. The van der Waals surface area contributed by atoms with Crippen LogP contribution in [0.2, 0.25) is 0 Å². The Morgan fingerprint density at radius 2 is 1.65 bits per heavy atom. The molecule has 3 N–H and O–H groups in total. The van der Waals surface area contributed by atoms with E-state index in [0.29, 0.717) is 19.3 Å². The molecule has 4 fully saturated rings. The Hall–Kier alpha value is -4.59. The number of aliphatic hydroxyl groups is 1. The number of rotatable bonds is 11. The van der Waals surface area contributed by atoms with Gasteiger partial charge in [-0.3, -0.25) is 19.2 Å². The third-order valence-corrected chi connectivity index (χ3v) is 11.4. The van der Waals surface area contributed by atoms with Gasteiger partial charge in [-0.15, -0.1) is 0 Å². The van der Waals surface area contributed by atoms with Crippen molar-refractivity contribution in [1.29, 1.82) is 0 Å². The molecule has 290 valence electrons. The Morgan fingerprint density at radius 3 is 2.36 bits per heavy atom. The lowest BCUT2D eigenvalue weighted by atomic mass is 9.62. The number of para-hydroxylation sites is 1. The van der Waals surface area contributed by atoms with E-state index in [-0.39, 0.29) is 31.6 Å². The van der Waals surface area contributed by atoms with Gasteiger partial charge in [-0.25, -0.2) is 0 Å². The molecule has 2 bridgehead atoms. The van der Waals surface area contributed by atoms with Crippen molar-refractivity contribution in [2.45, 2.75) is 114 Å². The van der Waals surface area contributed by atoms with E-state index in [9.17, 15) is 24.6 Å². The maximum atomic E-state index is 14.8. The standard InChI is InChI=1S/C43H48N2O10/c1-41(2,3)52-34(48)20-19-31(25-46)44-40(50)43-23-33-35-36(54-42(53-35)21-28-13-5-6-14-29(28)22-42)38(43)55-45(37(43)39(49)51-33)24-30-15-7-4-11-26(30)16-10-17-27-12-8-9-18-32(27)47/h4-16,18,31,33,35-38,46-47H,17,19-25H2,1-3H3,(H,44,50). The molecular weight excluding hydrogens is 704 g/mol. The molecule has 3 heterocycles. The molecule has 1 spiro atoms. The fourth-order valence-electron chi connectivity index (χ4n) is 8.98. The number of phenolic OH excluding ortho intramolecular Hbond substituents is 1. The van der Waals surface area contributed by atoms with Gasteiger partial charge < -0.3 is 34.5 Å². The van der Waals surface area contributed by atoms with Gasteiger partial charge in [0, 0.05) is 25.7 Å². The molecule has 3 aromatic carbocycles. The van der Waals surface area contributed by atoms with Crippen LogP contribution in [-0.2, 0) is 64.0 Å². The number of phenols is 1. The summed E-state index contributed by atoms with van der Waals surface area (Å²) in [5.74, 6) is -2.31. The number of nitrogens with zero attached hydrogens (tertiary/aromatic N) is 1. The van der Waals surface area contributed by atoms with Crippen LogP contribution in [0, 0.1) is 5.41 Å². The van der Waals surface area contributed by atoms with Crippen LogP contribution in [0.4, 0.5) is 0 Å². The number of aromatic hydroxyl groups is 1. The largest absolute Gasteiger partial charge is 0.508 e. The second-order valence-electron chi connectivity index (χ2n) is 16.3. The van der Waals surface area contributed by atoms with Crippen molar-refractivity contribution >= 4 is 23.9 Å². The number of hydroxylamine groups is 2. The summed E-state index contributed by atoms with van der Waals surface area (Å²) in [5, 5.41) is 25.2. The van der Waals surface area contributed by atoms with Gasteiger partial charge in [0.15, 0.2) is 11.8 Å². The number of hydrogen-bond acceptors (Lipinski definition) is 11. The number of fused-ring (bicyclic) bond motifs is 5. The normalized spacial score (nSPS) is 28.1. The first-order valence-electron chi connectivity index (χ1n) is 19.1. The lowest BCUT2D eigenvalue weighted by molar-refractivity contribution is -0.217. The number of benzene rings is 3. The van der Waals surface area contributed by atoms with Crippen LogP contribution >= 0.6 is 0 Å². The summed E-state index contributed by atoms with van der Waals surface area (Å²) in [6.07, 6.45) is 2.57. The minimum absolute atomic E-state index is 0.0190. The summed E-state index contributed by atoms with van der Waals surface area (Å²) in [4.78, 5) is 48.4. The minimum Gasteiger partial charge on any atom is -0.508 e. The Bertz CT molecular complexity index is 1970. The van der Waals surface area contributed by atoms with Gasteiger partial charge in [0.25, 0.3) is 0 Å². The molecule has 1 amide bonds. The number of carbonyl (C=O) groups is 3. The van der Waals surface area contributed by atoms with Crippen LogP contribution in [-0.4, -0.2) is 87.6 Å². The Kier molecular flexibility index (Phi) is 9.83. The van der Waals surface area contributed by atoms with Crippen molar-refractivity contribution in [3.05, 3.63) is 107 Å². The van der Waals surface area contributed by atoms with Crippen molar-refractivity contribution in [3.63, 3.8) is 0 Å². The van der Waals surface area contributed by atoms with Crippen molar-refractivity contribution in [3.8, 4) is 5.75 Å². The first-order valence-corrected chi connectivity index (χ1v) is 19.1. The number of amides is 1. The van der Waals surface area contributed by atoms with E-state index in [1.165, 1.54) is 0 Å². The summed E-state index contributed by atoms with van der Waals surface area (Å²) in [6, 6.07) is 21.0. The lowest BCUT2D eigenvalue weighted by Gasteiger charge is -2.49. The second-order valence-corrected chi connectivity index (χ2v) is 16.3. The number of aliphatic hydroxyl groups excluding tert-OH is 1. The molecule has 3 aliphatic heterocycles. The number of carbonyl (C=O) groups excluding carboxylic acids is 3. The third-order valence-electron chi connectivity index (χ3n) is 11.4. The van der Waals surface area contributed by atoms with Crippen LogP contribution in [0.25, 0.3) is 6.08 Å². The van der Waals surface area contributed by atoms with E-state index in [4.69, 9.17) is 23.8 Å². The van der Waals surface area contributed by atoms with E-state index in [1.54, 1.807) is 38.0 Å². The average molecular weight is 753 g/mol. The molecule has 12 nitrogen and oxygen atoms in total. The van der Waals surface area contributed by atoms with E-state index < -0.39 is 77.8 Å². The van der Waals surface area contributed by atoms with E-state index >= 15 is 0 Å². The summed E-state index contributed by atoms with van der Waals surface area (Å²) >= 11 is 0. The van der Waals surface area contributed by atoms with Crippen molar-refractivity contribution in [1.82, 2.24) is 10.4 Å². The topological polar surface area (TPSA) is 153 Å². The predicted molar refractivity (Wildman–Crippen MR) is 199 cm³/mol. The summed E-state index contributed by atoms with van der Waals surface area (Å²) in [7, 11) is 0. The molecule has 8 rings (SSSR count). The fourth-order valence-corrected chi connectivity index (χ4v) is 8.98. The van der Waals surface area contributed by atoms with Crippen molar-refractivity contribution in [2.75, 3.05) is 6.61 Å². The molecule has 3 saturated heterocycles. The average Bonchev–Trinajstić information content (AvgIpc) is 3.82. The number of ether oxygens (including phenoxy) is 4. The van der Waals surface area contributed by atoms with Crippen LogP contribution in [0.3, 0.4) is 0 Å². The highest BCUT2D eigenvalue weighted by molar-refractivity contribution is 5.94. The molecular formula is C43H48N2O10. The second kappa shape index (κ2) is 14.5. The zero-order valence-corrected chi connectivity index (χ0v) is 31.3. The molecule has 12 heteroatoms. The maximum absolute atomic E-state index is 14.8. The minimum atomic E-state index is -1.46. The van der Waals surface area contributed by atoms with Gasteiger partial charge in [-0.05, 0) is 67.5 Å². The molecule has 55 heavy (non-hydrogen) atoms. The van der Waals surface area contributed by atoms with E-state index in [0.717, 1.165) is 27.8 Å². The first kappa shape index (κ1) is 37.3. The molecule has 1 saturated carbocycles. The number of allylic oxidation sites excluding steroid dienone is 1. The molecule has 0 radical (unpaired) electrons. The van der Waals surface area contributed by atoms with Gasteiger partial charge in [0.1, 0.15) is 41.2 Å². The van der Waals surface area contributed by atoms with E-state index in [2.05, 4.69) is 17.4 Å². The quantitative estimate of drug-likeness (QED) is 0.240. The first-order chi connectivity index (χ1) is 26.4. The highest BCUT2D eigenvalue weighted by Gasteiger charge is 2.76. The van der Waals surface area contributed by atoms with Crippen LogP contribution in [0.5, 0.6) is 5.75 Å². The summed E-state index contributed by atoms with van der Waals surface area (Å²) in [5.41, 5.74) is 2.60. The molecule has 3 aromatic rings. The SMILES string of the molecule is CC(C)(C)OC(=O)CCC(CO)NC(=O)C12CC3OC(=O)C1N(Cc1ccccc1C=CCc1ccccc1O)OC2C1OC2(Cc4ccccc4C2)OC31. The summed E-state index contributed by atoms with van der Waals surface area (Å²) in [6.45, 7) is 5.05. The van der Waals surface area contributed by atoms with Gasteiger partial charge >= 0.3 is 11.9 Å². The van der Waals surface area contributed by atoms with Gasteiger partial charge in [0.2, 0.25) is 5.91 Å². The van der Waals surface area contributed by atoms with Crippen molar-refractivity contribution < 1.29 is 48.4 Å². The highest BCUT2D eigenvalue weighted by Crippen LogP contribution is 2.58. The smallest absolute Gasteiger partial charge is 0.327 e. The fraction of sp³-hybridized carbons (Fsp3) is 0.465. The Balaban J connectivity index is 1.09. The number of esters is 2. The Morgan fingerprint density at radius 1 is 0.982 bits per heavy atom. The van der Waals surface area contributed by atoms with Crippen LogP contribution < -0.4 is 5.32 Å². The third kappa shape index (κ3) is 7.06. The predicted octanol–water partition coefficient (Wildman–Crippen LogP) is 4.33. The maximum Gasteiger partial charge on any atom is 0.327 e. The number of nitrogens with one attached hydrogen (secondary N) is 1. The molecule has 7 unspecified atom stereocenters. The molecule has 5 aliphatic rings. The molecule has 2 aliphatic carbocycles. The lowest BCUT2D eigenvalue weighted by Crippen LogP contribution is -2.70. The highest BCUT2D eigenvalue weighted by atomic mass is 16.8. The van der Waals surface area contributed by atoms with Gasteiger partial charge in [0.05, 0.1) is 19.2 Å². The van der Waals surface area contributed by atoms with Gasteiger partial charge in [-0.1, -0.05) is 78.9 Å². The van der Waals surface area contributed by atoms with Gasteiger partial charge in [-0.2, -0.15) is 5.06 Å².